The van der Waals surface area contributed by atoms with E-state index in [0.717, 1.165) is 62.9 Å². The molecule has 0 spiro atoms. The van der Waals surface area contributed by atoms with Crippen molar-refractivity contribution in [3.05, 3.63) is 58.3 Å². The van der Waals surface area contributed by atoms with Gasteiger partial charge < -0.3 is 15.0 Å². The van der Waals surface area contributed by atoms with Crippen molar-refractivity contribution in [2.45, 2.75) is 31.2 Å². The standard InChI is InChI=1S/C30H30Cl2FN5O/c31-22-8-2-6-19-5-1-7-20(24(19)22)25-23(32)17-21-27(26(25)33)35-29(36-28(21)37-15-11-34-12-16-37)39-18-30-9-3-13-38(30)14-4-10-30/h1-2,5-8,17,34H,3-4,9-16,18H2. The second-order valence-electron chi connectivity index (χ2n) is 10.9. The van der Waals surface area contributed by atoms with E-state index in [1.165, 1.54) is 12.8 Å². The lowest BCUT2D eigenvalue weighted by molar-refractivity contribution is 0.108. The Balaban J connectivity index is 1.38. The molecule has 39 heavy (non-hydrogen) atoms. The summed E-state index contributed by atoms with van der Waals surface area (Å²) >= 11 is 13.5. The third kappa shape index (κ3) is 4.31. The van der Waals surface area contributed by atoms with E-state index in [1.54, 1.807) is 6.07 Å². The largest absolute Gasteiger partial charge is 0.461 e. The van der Waals surface area contributed by atoms with Crippen LogP contribution in [0.1, 0.15) is 25.7 Å². The molecule has 9 heteroatoms. The smallest absolute Gasteiger partial charge is 0.319 e. The maximum absolute atomic E-state index is 16.6. The van der Waals surface area contributed by atoms with Gasteiger partial charge in [-0.3, -0.25) is 4.90 Å². The third-order valence-corrected chi connectivity index (χ3v) is 9.28. The highest BCUT2D eigenvalue weighted by molar-refractivity contribution is 6.38. The number of aromatic nitrogens is 2. The van der Waals surface area contributed by atoms with E-state index in [-0.39, 0.29) is 22.6 Å². The summed E-state index contributed by atoms with van der Waals surface area (Å²) in [7, 11) is 0. The minimum atomic E-state index is -0.491. The Bertz CT molecular complexity index is 1560. The Morgan fingerprint density at radius 2 is 1.69 bits per heavy atom. The van der Waals surface area contributed by atoms with Crippen LogP contribution in [0.25, 0.3) is 32.8 Å². The van der Waals surface area contributed by atoms with Crippen LogP contribution in [0.4, 0.5) is 10.2 Å². The molecule has 0 saturated carbocycles. The molecule has 0 aliphatic carbocycles. The average Bonchev–Trinajstić information content (AvgIpc) is 3.53. The van der Waals surface area contributed by atoms with Gasteiger partial charge >= 0.3 is 6.01 Å². The minimum Gasteiger partial charge on any atom is -0.461 e. The van der Waals surface area contributed by atoms with Gasteiger partial charge in [-0.2, -0.15) is 9.97 Å². The highest BCUT2D eigenvalue weighted by atomic mass is 35.5. The van der Waals surface area contributed by atoms with Crippen molar-refractivity contribution in [1.82, 2.24) is 20.2 Å². The highest BCUT2D eigenvalue weighted by Crippen LogP contribution is 2.43. The second kappa shape index (κ2) is 10.0. The number of piperazine rings is 1. The van der Waals surface area contributed by atoms with Crippen molar-refractivity contribution in [1.29, 1.82) is 0 Å². The van der Waals surface area contributed by atoms with Gasteiger partial charge in [-0.1, -0.05) is 53.5 Å². The summed E-state index contributed by atoms with van der Waals surface area (Å²) in [6, 6.07) is 13.4. The number of rotatable bonds is 5. The molecule has 3 fully saturated rings. The van der Waals surface area contributed by atoms with Crippen LogP contribution >= 0.6 is 23.2 Å². The molecule has 1 N–H and O–H groups in total. The van der Waals surface area contributed by atoms with Gasteiger partial charge in [-0.05, 0) is 61.9 Å². The lowest BCUT2D eigenvalue weighted by Crippen LogP contribution is -2.44. The van der Waals surface area contributed by atoms with Crippen molar-refractivity contribution >= 4 is 50.7 Å². The third-order valence-electron chi connectivity index (χ3n) is 8.66. The molecule has 4 heterocycles. The van der Waals surface area contributed by atoms with Crippen molar-refractivity contribution in [2.75, 3.05) is 50.8 Å². The number of benzene rings is 3. The first-order chi connectivity index (χ1) is 19.0. The molecule has 0 radical (unpaired) electrons. The first kappa shape index (κ1) is 25.3. The van der Waals surface area contributed by atoms with Crippen LogP contribution in [0.5, 0.6) is 6.01 Å². The monoisotopic (exact) mass is 565 g/mol. The van der Waals surface area contributed by atoms with Crippen LogP contribution in [0.3, 0.4) is 0 Å². The molecule has 6 nitrogen and oxygen atoms in total. The van der Waals surface area contributed by atoms with E-state index in [2.05, 4.69) is 20.1 Å². The van der Waals surface area contributed by atoms with Gasteiger partial charge in [0, 0.05) is 47.5 Å². The maximum atomic E-state index is 16.6. The number of anilines is 1. The molecule has 1 aromatic heterocycles. The average molecular weight is 567 g/mol. The molecule has 0 amide bonds. The topological polar surface area (TPSA) is 53.5 Å². The molecule has 0 atom stereocenters. The molecule has 4 aromatic rings. The molecule has 3 aliphatic heterocycles. The van der Waals surface area contributed by atoms with Gasteiger partial charge in [0.25, 0.3) is 0 Å². The van der Waals surface area contributed by atoms with E-state index < -0.39 is 5.82 Å². The second-order valence-corrected chi connectivity index (χ2v) is 11.7. The normalized spacial score (nSPS) is 19.2. The molecule has 0 bridgehead atoms. The fourth-order valence-corrected chi connectivity index (χ4v) is 7.33. The number of halogens is 3. The number of nitrogens with one attached hydrogen (secondary N) is 1. The lowest BCUT2D eigenvalue weighted by Gasteiger charge is -2.32. The van der Waals surface area contributed by atoms with Crippen LogP contribution in [-0.2, 0) is 0 Å². The zero-order chi connectivity index (χ0) is 26.6. The van der Waals surface area contributed by atoms with Crippen LogP contribution in [-0.4, -0.2) is 66.3 Å². The molecular formula is C30H30Cl2FN5O. The Labute approximate surface area is 237 Å². The predicted octanol–water partition coefficient (Wildman–Crippen LogP) is 6.31. The molecule has 3 aromatic carbocycles. The SMILES string of the molecule is Fc1c(-c2cccc3cccc(Cl)c23)c(Cl)cc2c(N3CCNCC3)nc(OCC34CCCN3CCC4)nc12. The zero-order valence-corrected chi connectivity index (χ0v) is 23.2. The number of hydrogen-bond acceptors (Lipinski definition) is 6. The van der Waals surface area contributed by atoms with Crippen LogP contribution < -0.4 is 15.0 Å². The van der Waals surface area contributed by atoms with Crippen molar-refractivity contribution in [3.63, 3.8) is 0 Å². The summed E-state index contributed by atoms with van der Waals surface area (Å²) in [4.78, 5) is 14.2. The summed E-state index contributed by atoms with van der Waals surface area (Å²) < 4.78 is 23.0. The van der Waals surface area contributed by atoms with Crippen LogP contribution in [0.2, 0.25) is 10.0 Å². The maximum Gasteiger partial charge on any atom is 0.319 e. The summed E-state index contributed by atoms with van der Waals surface area (Å²) in [5.41, 5.74) is 1.18. The summed E-state index contributed by atoms with van der Waals surface area (Å²) in [5.74, 6) is 0.169. The number of fused-ring (bicyclic) bond motifs is 3. The van der Waals surface area contributed by atoms with Gasteiger partial charge in [0.15, 0.2) is 5.82 Å². The Morgan fingerprint density at radius 1 is 0.949 bits per heavy atom. The first-order valence-corrected chi connectivity index (χ1v) is 14.5. The molecule has 7 rings (SSSR count). The van der Waals surface area contributed by atoms with Gasteiger partial charge in [0.1, 0.15) is 17.9 Å². The van der Waals surface area contributed by atoms with Gasteiger partial charge in [0.05, 0.1) is 10.6 Å². The summed E-state index contributed by atoms with van der Waals surface area (Å²) in [6.07, 6.45) is 4.58. The van der Waals surface area contributed by atoms with Crippen molar-refractivity contribution < 1.29 is 9.13 Å². The van der Waals surface area contributed by atoms with E-state index >= 15 is 4.39 Å². The Hall–Kier alpha value is -2.71. The van der Waals surface area contributed by atoms with Crippen molar-refractivity contribution in [2.24, 2.45) is 0 Å². The molecule has 202 valence electrons. The van der Waals surface area contributed by atoms with E-state index in [9.17, 15) is 0 Å². The Kier molecular flexibility index (Phi) is 6.51. The number of hydrogen-bond donors (Lipinski definition) is 1. The molecular weight excluding hydrogens is 536 g/mol. The van der Waals surface area contributed by atoms with Crippen LogP contribution in [0, 0.1) is 5.82 Å². The van der Waals surface area contributed by atoms with Gasteiger partial charge in [-0.25, -0.2) is 4.39 Å². The Morgan fingerprint density at radius 3 is 2.46 bits per heavy atom. The zero-order valence-electron chi connectivity index (χ0n) is 21.7. The van der Waals surface area contributed by atoms with Gasteiger partial charge in [-0.15, -0.1) is 0 Å². The van der Waals surface area contributed by atoms with Gasteiger partial charge in [0.2, 0.25) is 0 Å². The molecule has 3 aliphatic rings. The molecule has 0 unspecified atom stereocenters. The van der Waals surface area contributed by atoms with E-state index in [4.69, 9.17) is 32.9 Å². The fraction of sp³-hybridized carbons (Fsp3) is 0.400. The van der Waals surface area contributed by atoms with Crippen molar-refractivity contribution in [3.8, 4) is 17.1 Å². The first-order valence-electron chi connectivity index (χ1n) is 13.7. The summed E-state index contributed by atoms with van der Waals surface area (Å²) in [6.45, 7) is 5.88. The minimum absolute atomic E-state index is 0.0386. The lowest BCUT2D eigenvalue weighted by atomic mass is 9.95. The summed E-state index contributed by atoms with van der Waals surface area (Å²) in [5, 5.41) is 6.48. The quantitative estimate of drug-likeness (QED) is 0.306. The number of nitrogens with zero attached hydrogens (tertiary/aromatic N) is 4. The van der Waals surface area contributed by atoms with E-state index in [0.29, 0.717) is 33.4 Å². The molecule has 3 saturated heterocycles. The van der Waals surface area contributed by atoms with E-state index in [1.807, 2.05) is 36.4 Å². The fourth-order valence-electron chi connectivity index (χ4n) is 6.75. The predicted molar refractivity (Wildman–Crippen MR) is 156 cm³/mol. The van der Waals surface area contributed by atoms with Crippen LogP contribution in [0.15, 0.2) is 42.5 Å². The number of ether oxygens (including phenoxy) is 1. The highest BCUT2D eigenvalue weighted by Gasteiger charge is 2.45.